The summed E-state index contributed by atoms with van der Waals surface area (Å²) < 4.78 is 7.02. The van der Waals surface area contributed by atoms with E-state index in [1.165, 1.54) is 10.4 Å². The van der Waals surface area contributed by atoms with Crippen LogP contribution in [-0.2, 0) is 6.42 Å². The van der Waals surface area contributed by atoms with Gasteiger partial charge in [-0.2, -0.15) is 0 Å². The minimum absolute atomic E-state index is 0.115. The highest BCUT2D eigenvalue weighted by Gasteiger charge is 2.31. The molecule has 2 unspecified atom stereocenters. The zero-order chi connectivity index (χ0) is 13.4. The molecule has 19 heavy (non-hydrogen) atoms. The number of hydrogen-bond donors (Lipinski definition) is 1. The summed E-state index contributed by atoms with van der Waals surface area (Å²) in [6.07, 6.45) is 1.04. The van der Waals surface area contributed by atoms with Gasteiger partial charge in [-0.25, -0.2) is 0 Å². The lowest BCUT2D eigenvalue weighted by atomic mass is 10.0. The minimum Gasteiger partial charge on any atom is -0.488 e. The molecule has 0 spiro atoms. The van der Waals surface area contributed by atoms with Gasteiger partial charge in [-0.1, -0.05) is 29.8 Å². The first kappa shape index (κ1) is 13.4. The highest BCUT2D eigenvalue weighted by molar-refractivity contribution is 9.11. The molecular weight excluding hydrogens is 346 g/mol. The molecule has 0 bridgehead atoms. The van der Waals surface area contributed by atoms with Gasteiger partial charge in [0.25, 0.3) is 0 Å². The second kappa shape index (κ2) is 5.44. The molecule has 1 aliphatic rings. The largest absolute Gasteiger partial charge is 0.488 e. The van der Waals surface area contributed by atoms with Crippen molar-refractivity contribution in [2.45, 2.75) is 18.6 Å². The van der Waals surface area contributed by atoms with Crippen LogP contribution in [0.25, 0.3) is 0 Å². The van der Waals surface area contributed by atoms with E-state index < -0.39 is 0 Å². The number of hydrogen-bond acceptors (Lipinski definition) is 3. The summed E-state index contributed by atoms with van der Waals surface area (Å²) in [6.45, 7) is 0. The van der Waals surface area contributed by atoms with Gasteiger partial charge in [0.1, 0.15) is 11.9 Å². The van der Waals surface area contributed by atoms with Gasteiger partial charge in [-0.3, -0.25) is 0 Å². The minimum atomic E-state index is 0.115. The molecule has 0 amide bonds. The maximum absolute atomic E-state index is 6.12. The average molecular weight is 359 g/mol. The van der Waals surface area contributed by atoms with Crippen molar-refractivity contribution >= 4 is 38.9 Å². The lowest BCUT2D eigenvalue weighted by Gasteiger charge is -2.21. The van der Waals surface area contributed by atoms with Crippen LogP contribution in [0.1, 0.15) is 16.5 Å². The number of thiophene rings is 1. The van der Waals surface area contributed by atoms with Crippen LogP contribution >= 0.6 is 38.9 Å². The smallest absolute Gasteiger partial charge is 0.123 e. The Hall–Kier alpha value is -0.550. The Morgan fingerprint density at radius 1 is 1.47 bits per heavy atom. The zero-order valence-electron chi connectivity index (χ0n) is 10.3. The molecule has 0 aliphatic carbocycles. The van der Waals surface area contributed by atoms with Crippen molar-refractivity contribution in [3.8, 4) is 5.75 Å². The number of rotatable bonds is 3. The van der Waals surface area contributed by atoms with E-state index in [-0.39, 0.29) is 12.1 Å². The Morgan fingerprint density at radius 3 is 2.89 bits per heavy atom. The van der Waals surface area contributed by atoms with E-state index in [4.69, 9.17) is 16.3 Å². The zero-order valence-corrected chi connectivity index (χ0v) is 13.5. The van der Waals surface area contributed by atoms with Gasteiger partial charge in [0.05, 0.1) is 14.9 Å². The fraction of sp³-hybridized carbons (Fsp3) is 0.286. The van der Waals surface area contributed by atoms with Crippen LogP contribution in [0, 0.1) is 0 Å². The third-order valence-electron chi connectivity index (χ3n) is 3.33. The van der Waals surface area contributed by atoms with Crippen molar-refractivity contribution in [1.82, 2.24) is 5.32 Å². The van der Waals surface area contributed by atoms with Crippen LogP contribution in [0.5, 0.6) is 5.75 Å². The van der Waals surface area contributed by atoms with Crippen molar-refractivity contribution in [3.05, 3.63) is 49.6 Å². The highest BCUT2D eigenvalue weighted by atomic mass is 79.9. The summed E-state index contributed by atoms with van der Waals surface area (Å²) in [5.74, 6) is 0.995. The molecule has 1 N–H and O–H groups in total. The number of likely N-dealkylation sites (N-methyl/N-ethyl adjacent to an activating group) is 1. The van der Waals surface area contributed by atoms with Crippen molar-refractivity contribution in [2.75, 3.05) is 7.05 Å². The molecule has 3 rings (SSSR count). The van der Waals surface area contributed by atoms with Gasteiger partial charge in [-0.05, 0) is 40.7 Å². The van der Waals surface area contributed by atoms with Crippen LogP contribution in [0.2, 0.25) is 5.02 Å². The second-order valence-electron chi connectivity index (χ2n) is 4.50. The van der Waals surface area contributed by atoms with Crippen molar-refractivity contribution in [3.63, 3.8) is 0 Å². The van der Waals surface area contributed by atoms with Crippen molar-refractivity contribution in [1.29, 1.82) is 0 Å². The summed E-state index contributed by atoms with van der Waals surface area (Å²) in [6, 6.07) is 10.4. The predicted molar refractivity (Wildman–Crippen MR) is 83.4 cm³/mol. The molecule has 2 aromatic rings. The summed E-state index contributed by atoms with van der Waals surface area (Å²) in [5.41, 5.74) is 1.27. The molecule has 2 nitrogen and oxygen atoms in total. The Kier molecular flexibility index (Phi) is 3.85. The van der Waals surface area contributed by atoms with E-state index in [0.29, 0.717) is 0 Å². The normalized spacial score (nSPS) is 19.0. The lowest BCUT2D eigenvalue weighted by molar-refractivity contribution is 0.185. The molecule has 2 atom stereocenters. The summed E-state index contributed by atoms with van der Waals surface area (Å²) >= 11 is 11.2. The van der Waals surface area contributed by atoms with E-state index in [9.17, 15) is 0 Å². The Bertz CT molecular complexity index is 556. The van der Waals surface area contributed by atoms with Crippen LogP contribution in [0.15, 0.2) is 34.1 Å². The molecule has 1 aromatic heterocycles. The topological polar surface area (TPSA) is 21.3 Å². The molecule has 100 valence electrons. The Morgan fingerprint density at radius 2 is 2.26 bits per heavy atom. The van der Waals surface area contributed by atoms with Gasteiger partial charge < -0.3 is 10.1 Å². The van der Waals surface area contributed by atoms with E-state index in [2.05, 4.69) is 33.4 Å². The number of para-hydroxylation sites is 1. The third kappa shape index (κ3) is 2.55. The molecule has 0 saturated heterocycles. The fourth-order valence-electron chi connectivity index (χ4n) is 2.42. The monoisotopic (exact) mass is 357 g/mol. The molecule has 1 aromatic carbocycles. The van der Waals surface area contributed by atoms with Crippen LogP contribution in [0.4, 0.5) is 0 Å². The van der Waals surface area contributed by atoms with Crippen LogP contribution in [-0.4, -0.2) is 13.2 Å². The van der Waals surface area contributed by atoms with Gasteiger partial charge in [0, 0.05) is 11.3 Å². The average Bonchev–Trinajstić information content (AvgIpc) is 2.95. The van der Waals surface area contributed by atoms with E-state index >= 15 is 0 Å². The number of ether oxygens (including phenoxy) is 1. The summed E-state index contributed by atoms with van der Waals surface area (Å²) in [5, 5.41) is 4.10. The first-order valence-electron chi connectivity index (χ1n) is 6.05. The third-order valence-corrected chi connectivity index (χ3v) is 5.88. The predicted octanol–water partition coefficient (Wildman–Crippen LogP) is 4.43. The molecule has 2 heterocycles. The molecule has 0 fully saturated rings. The maximum atomic E-state index is 6.12. The first-order valence-corrected chi connectivity index (χ1v) is 8.04. The van der Waals surface area contributed by atoms with E-state index in [1.807, 2.05) is 25.2 Å². The number of nitrogens with one attached hydrogen (secondary N) is 1. The Labute approximate surface area is 129 Å². The lowest BCUT2D eigenvalue weighted by Crippen LogP contribution is -2.32. The number of benzene rings is 1. The van der Waals surface area contributed by atoms with E-state index in [0.717, 1.165) is 21.0 Å². The highest BCUT2D eigenvalue weighted by Crippen LogP contribution is 2.40. The van der Waals surface area contributed by atoms with E-state index in [1.54, 1.807) is 11.3 Å². The molecule has 0 radical (unpaired) electrons. The Balaban J connectivity index is 1.85. The summed E-state index contributed by atoms with van der Waals surface area (Å²) in [4.78, 5) is 1.19. The molecular formula is C14H13BrClNOS. The maximum Gasteiger partial charge on any atom is 0.123 e. The van der Waals surface area contributed by atoms with Gasteiger partial charge >= 0.3 is 0 Å². The molecule has 0 saturated carbocycles. The quantitative estimate of drug-likeness (QED) is 0.876. The van der Waals surface area contributed by atoms with Gasteiger partial charge in [0.2, 0.25) is 0 Å². The summed E-state index contributed by atoms with van der Waals surface area (Å²) in [7, 11) is 1.96. The first-order chi connectivity index (χ1) is 9.19. The SMILES string of the molecule is CNC(c1cc(Cl)c(Br)s1)C1Cc2ccccc2O1. The van der Waals surface area contributed by atoms with Crippen LogP contribution < -0.4 is 10.1 Å². The van der Waals surface area contributed by atoms with Crippen molar-refractivity contribution in [2.24, 2.45) is 0 Å². The van der Waals surface area contributed by atoms with Crippen LogP contribution in [0.3, 0.4) is 0 Å². The van der Waals surface area contributed by atoms with Crippen molar-refractivity contribution < 1.29 is 4.74 Å². The van der Waals surface area contributed by atoms with Gasteiger partial charge in [0.15, 0.2) is 0 Å². The molecule has 1 aliphatic heterocycles. The standard InChI is InChI=1S/C14H13BrClNOS/c1-17-13(12-7-9(16)14(15)19-12)11-6-8-4-2-3-5-10(8)18-11/h2-5,7,11,13,17H,6H2,1H3. The number of fused-ring (bicyclic) bond motifs is 1. The number of halogens is 2. The van der Waals surface area contributed by atoms with Gasteiger partial charge in [-0.15, -0.1) is 11.3 Å². The second-order valence-corrected chi connectivity index (χ2v) is 7.31. The fourth-order valence-corrected chi connectivity index (χ4v) is 4.33. The molecule has 5 heteroatoms.